The SMILES string of the molecule is COC(=O)C(NCC(F)(F)F)c1cccc(Cl)c1. The number of ether oxygens (including phenoxy) is 1. The third-order valence-corrected chi connectivity index (χ3v) is 2.36. The predicted molar refractivity (Wildman–Crippen MR) is 60.3 cm³/mol. The molecule has 3 nitrogen and oxygen atoms in total. The Hall–Kier alpha value is -1.27. The summed E-state index contributed by atoms with van der Waals surface area (Å²) >= 11 is 5.72. The number of hydrogen-bond acceptors (Lipinski definition) is 3. The molecule has 0 radical (unpaired) electrons. The normalized spacial score (nSPS) is 13.2. The average Bonchev–Trinajstić information content (AvgIpc) is 2.27. The second kappa shape index (κ2) is 6.06. The van der Waals surface area contributed by atoms with Crippen LogP contribution < -0.4 is 5.32 Å². The van der Waals surface area contributed by atoms with E-state index in [1.54, 1.807) is 12.1 Å². The summed E-state index contributed by atoms with van der Waals surface area (Å²) in [4.78, 5) is 11.4. The van der Waals surface area contributed by atoms with Crippen molar-refractivity contribution in [1.82, 2.24) is 5.32 Å². The molecule has 1 aromatic carbocycles. The van der Waals surface area contributed by atoms with Crippen molar-refractivity contribution >= 4 is 17.6 Å². The van der Waals surface area contributed by atoms with Crippen molar-refractivity contribution < 1.29 is 22.7 Å². The second-order valence-corrected chi connectivity index (χ2v) is 3.94. The van der Waals surface area contributed by atoms with Crippen LogP contribution in [0.2, 0.25) is 5.02 Å². The number of benzene rings is 1. The first kappa shape index (κ1) is 14.8. The van der Waals surface area contributed by atoms with Crippen molar-refractivity contribution in [1.29, 1.82) is 0 Å². The Morgan fingerprint density at radius 2 is 2.17 bits per heavy atom. The Labute approximate surface area is 107 Å². The van der Waals surface area contributed by atoms with E-state index in [0.29, 0.717) is 10.6 Å². The van der Waals surface area contributed by atoms with Crippen LogP contribution in [-0.2, 0) is 9.53 Å². The van der Waals surface area contributed by atoms with Gasteiger partial charge in [0.15, 0.2) is 0 Å². The fourth-order valence-corrected chi connectivity index (χ4v) is 1.56. The first-order chi connectivity index (χ1) is 8.33. The van der Waals surface area contributed by atoms with Gasteiger partial charge in [-0.2, -0.15) is 13.2 Å². The molecule has 0 bridgehead atoms. The van der Waals surface area contributed by atoms with Crippen LogP contribution in [0.25, 0.3) is 0 Å². The highest BCUT2D eigenvalue weighted by molar-refractivity contribution is 6.30. The zero-order valence-corrected chi connectivity index (χ0v) is 10.2. The number of alkyl halides is 3. The van der Waals surface area contributed by atoms with Crippen LogP contribution in [0.5, 0.6) is 0 Å². The zero-order valence-electron chi connectivity index (χ0n) is 9.42. The number of esters is 1. The minimum Gasteiger partial charge on any atom is -0.468 e. The second-order valence-electron chi connectivity index (χ2n) is 3.51. The monoisotopic (exact) mass is 281 g/mol. The number of hydrogen-bond donors (Lipinski definition) is 1. The first-order valence-corrected chi connectivity index (χ1v) is 5.34. The maximum atomic E-state index is 12.1. The zero-order chi connectivity index (χ0) is 13.8. The summed E-state index contributed by atoms with van der Waals surface area (Å²) < 4.78 is 40.9. The number of halogens is 4. The van der Waals surface area contributed by atoms with Gasteiger partial charge in [0.2, 0.25) is 0 Å². The molecule has 0 spiro atoms. The van der Waals surface area contributed by atoms with Gasteiger partial charge in [0, 0.05) is 5.02 Å². The molecule has 0 aliphatic rings. The van der Waals surface area contributed by atoms with Gasteiger partial charge in [0.1, 0.15) is 6.04 Å². The van der Waals surface area contributed by atoms with Crippen LogP contribution in [0.1, 0.15) is 11.6 Å². The van der Waals surface area contributed by atoms with E-state index in [1.807, 2.05) is 0 Å². The number of carbonyl (C=O) groups excluding carboxylic acids is 1. The van der Waals surface area contributed by atoms with E-state index in [4.69, 9.17) is 11.6 Å². The molecule has 0 aliphatic carbocycles. The summed E-state index contributed by atoms with van der Waals surface area (Å²) in [6, 6.07) is 4.81. The number of carbonyl (C=O) groups is 1. The largest absolute Gasteiger partial charge is 0.468 e. The van der Waals surface area contributed by atoms with Crippen molar-refractivity contribution in [3.05, 3.63) is 34.9 Å². The molecule has 7 heteroatoms. The summed E-state index contributed by atoms with van der Waals surface area (Å²) in [6.07, 6.45) is -4.41. The van der Waals surface area contributed by atoms with Crippen LogP contribution in [0.15, 0.2) is 24.3 Å². The van der Waals surface area contributed by atoms with Gasteiger partial charge in [-0.25, -0.2) is 4.79 Å². The molecule has 18 heavy (non-hydrogen) atoms. The summed E-state index contributed by atoms with van der Waals surface area (Å²) in [7, 11) is 1.11. The van der Waals surface area contributed by atoms with Crippen LogP contribution in [0.4, 0.5) is 13.2 Å². The molecule has 1 unspecified atom stereocenters. The molecule has 1 aromatic rings. The summed E-state index contributed by atoms with van der Waals surface area (Å²) in [5.74, 6) is -0.804. The summed E-state index contributed by atoms with van der Waals surface area (Å²) in [6.45, 7) is -1.29. The van der Waals surface area contributed by atoms with Crippen molar-refractivity contribution in [2.75, 3.05) is 13.7 Å². The maximum absolute atomic E-state index is 12.1. The maximum Gasteiger partial charge on any atom is 0.401 e. The fraction of sp³-hybridized carbons (Fsp3) is 0.364. The van der Waals surface area contributed by atoms with Gasteiger partial charge in [-0.05, 0) is 17.7 Å². The van der Waals surface area contributed by atoms with Gasteiger partial charge in [-0.1, -0.05) is 23.7 Å². The van der Waals surface area contributed by atoms with Crippen molar-refractivity contribution in [2.45, 2.75) is 12.2 Å². The standard InChI is InChI=1S/C11H11ClF3NO2/c1-18-10(17)9(16-6-11(13,14)15)7-3-2-4-8(12)5-7/h2-5,9,16H,6H2,1H3. The van der Waals surface area contributed by atoms with Crippen molar-refractivity contribution in [3.63, 3.8) is 0 Å². The quantitative estimate of drug-likeness (QED) is 0.863. The molecule has 0 aromatic heterocycles. The molecule has 0 saturated carbocycles. The lowest BCUT2D eigenvalue weighted by Gasteiger charge is -2.18. The Kier molecular flexibility index (Phi) is 4.98. The van der Waals surface area contributed by atoms with Gasteiger partial charge < -0.3 is 4.74 Å². The molecular formula is C11H11ClF3NO2. The highest BCUT2D eigenvalue weighted by Crippen LogP contribution is 2.21. The van der Waals surface area contributed by atoms with Crippen LogP contribution in [0, 0.1) is 0 Å². The van der Waals surface area contributed by atoms with Gasteiger partial charge >= 0.3 is 12.1 Å². The van der Waals surface area contributed by atoms with E-state index in [1.165, 1.54) is 12.1 Å². The van der Waals surface area contributed by atoms with Crippen LogP contribution >= 0.6 is 11.6 Å². The highest BCUT2D eigenvalue weighted by Gasteiger charge is 2.31. The average molecular weight is 282 g/mol. The van der Waals surface area contributed by atoms with E-state index in [9.17, 15) is 18.0 Å². The first-order valence-electron chi connectivity index (χ1n) is 4.97. The predicted octanol–water partition coefficient (Wildman–Crippen LogP) is 2.71. The Balaban J connectivity index is 2.88. The Morgan fingerprint density at radius 1 is 1.50 bits per heavy atom. The van der Waals surface area contributed by atoms with E-state index in [-0.39, 0.29) is 0 Å². The van der Waals surface area contributed by atoms with E-state index >= 15 is 0 Å². The van der Waals surface area contributed by atoms with Crippen LogP contribution in [-0.4, -0.2) is 25.8 Å². The molecular weight excluding hydrogens is 271 g/mol. The molecule has 0 saturated heterocycles. The fourth-order valence-electron chi connectivity index (χ4n) is 1.36. The van der Waals surface area contributed by atoms with Gasteiger partial charge in [0.25, 0.3) is 0 Å². The molecule has 0 aliphatic heterocycles. The van der Waals surface area contributed by atoms with Gasteiger partial charge in [0.05, 0.1) is 13.7 Å². The smallest absolute Gasteiger partial charge is 0.401 e. The van der Waals surface area contributed by atoms with Crippen molar-refractivity contribution in [2.24, 2.45) is 0 Å². The summed E-state index contributed by atoms with van der Waals surface area (Å²) in [5.41, 5.74) is 0.318. The Bertz CT molecular complexity index is 423. The third-order valence-electron chi connectivity index (χ3n) is 2.13. The molecule has 1 N–H and O–H groups in total. The van der Waals surface area contributed by atoms with E-state index in [2.05, 4.69) is 10.1 Å². The highest BCUT2D eigenvalue weighted by atomic mass is 35.5. The molecule has 0 fully saturated rings. The number of rotatable bonds is 4. The summed E-state index contributed by atoms with van der Waals surface area (Å²) in [5, 5.41) is 2.42. The number of methoxy groups -OCH3 is 1. The molecule has 1 atom stereocenters. The molecule has 0 amide bonds. The lowest BCUT2D eigenvalue weighted by Crippen LogP contribution is -2.36. The van der Waals surface area contributed by atoms with Crippen molar-refractivity contribution in [3.8, 4) is 0 Å². The van der Waals surface area contributed by atoms with Gasteiger partial charge in [-0.3, -0.25) is 5.32 Å². The lowest BCUT2D eigenvalue weighted by molar-refractivity contribution is -0.146. The van der Waals surface area contributed by atoms with Gasteiger partial charge in [-0.15, -0.1) is 0 Å². The van der Waals surface area contributed by atoms with Crippen LogP contribution in [0.3, 0.4) is 0 Å². The van der Waals surface area contributed by atoms with E-state index < -0.39 is 24.7 Å². The minimum absolute atomic E-state index is 0.318. The Morgan fingerprint density at radius 3 is 2.67 bits per heavy atom. The minimum atomic E-state index is -4.41. The number of nitrogens with one attached hydrogen (secondary N) is 1. The topological polar surface area (TPSA) is 38.3 Å². The van der Waals surface area contributed by atoms with E-state index in [0.717, 1.165) is 7.11 Å². The molecule has 100 valence electrons. The third kappa shape index (κ3) is 4.54. The lowest BCUT2D eigenvalue weighted by atomic mass is 10.1. The molecule has 0 heterocycles. The molecule has 1 rings (SSSR count).